The summed E-state index contributed by atoms with van der Waals surface area (Å²) in [5, 5.41) is 1.25. The zero-order valence-corrected chi connectivity index (χ0v) is 13.5. The van der Waals surface area contributed by atoms with E-state index in [4.69, 9.17) is 9.72 Å². The van der Waals surface area contributed by atoms with Crippen molar-refractivity contribution in [3.05, 3.63) is 29.3 Å². The number of fused-ring (bicyclic) bond motifs is 1. The van der Waals surface area contributed by atoms with Crippen LogP contribution in [-0.4, -0.2) is 41.1 Å². The molecule has 4 nitrogen and oxygen atoms in total. The highest BCUT2D eigenvalue weighted by Crippen LogP contribution is 2.35. The molecule has 2 aromatic rings. The van der Waals surface area contributed by atoms with Crippen LogP contribution in [0.3, 0.4) is 0 Å². The Morgan fingerprint density at radius 2 is 2.05 bits per heavy atom. The number of ether oxygens (including phenoxy) is 1. The first-order valence-corrected chi connectivity index (χ1v) is 8.82. The van der Waals surface area contributed by atoms with Gasteiger partial charge in [-0.2, -0.15) is 0 Å². The number of hydrogen-bond acceptors (Lipinski definition) is 5. The second kappa shape index (κ2) is 5.63. The van der Waals surface area contributed by atoms with Crippen molar-refractivity contribution in [2.24, 2.45) is 0 Å². The van der Waals surface area contributed by atoms with Gasteiger partial charge in [0.15, 0.2) is 0 Å². The fraction of sp³-hybridized carbons (Fsp3) is 0.529. The van der Waals surface area contributed by atoms with Crippen LogP contribution in [0.5, 0.6) is 0 Å². The second-order valence-electron chi connectivity index (χ2n) is 6.33. The molecule has 2 aliphatic rings. The van der Waals surface area contributed by atoms with Gasteiger partial charge in [-0.05, 0) is 45.0 Å². The highest BCUT2D eigenvalue weighted by Gasteiger charge is 2.38. The van der Waals surface area contributed by atoms with Crippen LogP contribution < -0.4 is 0 Å². The van der Waals surface area contributed by atoms with E-state index in [0.29, 0.717) is 5.92 Å². The monoisotopic (exact) mass is 316 g/mol. The minimum Gasteiger partial charge on any atom is -0.461 e. The number of rotatable bonds is 2. The van der Waals surface area contributed by atoms with Crippen molar-refractivity contribution < 1.29 is 9.53 Å². The van der Waals surface area contributed by atoms with Crippen LogP contribution in [0.25, 0.3) is 10.2 Å². The molecule has 2 unspecified atom stereocenters. The molecule has 3 heterocycles. The van der Waals surface area contributed by atoms with E-state index in [2.05, 4.69) is 23.1 Å². The first-order valence-electron chi connectivity index (χ1n) is 8.01. The number of para-hydroxylation sites is 1. The van der Waals surface area contributed by atoms with Gasteiger partial charge in [-0.15, -0.1) is 11.3 Å². The van der Waals surface area contributed by atoms with E-state index in [0.717, 1.165) is 37.9 Å². The summed E-state index contributed by atoms with van der Waals surface area (Å²) in [5.74, 6) is 0.495. The lowest BCUT2D eigenvalue weighted by Gasteiger charge is -2.33. The molecule has 0 amide bonds. The molecule has 2 atom stereocenters. The minimum absolute atomic E-state index is 0.0219. The molecule has 116 valence electrons. The first-order chi connectivity index (χ1) is 10.7. The molecule has 0 aliphatic carbocycles. The van der Waals surface area contributed by atoms with E-state index in [1.54, 1.807) is 0 Å². The van der Waals surface area contributed by atoms with Gasteiger partial charge in [0.05, 0.1) is 15.2 Å². The van der Waals surface area contributed by atoms with E-state index >= 15 is 0 Å². The van der Waals surface area contributed by atoms with E-state index in [1.807, 2.05) is 24.3 Å². The Morgan fingerprint density at radius 1 is 1.27 bits per heavy atom. The van der Waals surface area contributed by atoms with Gasteiger partial charge in [-0.3, -0.25) is 9.69 Å². The number of thiazole rings is 1. The molecular weight excluding hydrogens is 296 g/mol. The molecule has 22 heavy (non-hydrogen) atoms. The third-order valence-electron chi connectivity index (χ3n) is 4.77. The van der Waals surface area contributed by atoms with Crippen LogP contribution in [-0.2, 0) is 9.53 Å². The average molecular weight is 316 g/mol. The Labute approximate surface area is 134 Å². The molecule has 2 saturated heterocycles. The summed E-state index contributed by atoms with van der Waals surface area (Å²) >= 11 is 1.82. The number of carbonyl (C=O) groups is 1. The lowest BCUT2D eigenvalue weighted by molar-refractivity contribution is -0.145. The Balaban J connectivity index is 1.44. The largest absolute Gasteiger partial charge is 0.461 e. The summed E-state index contributed by atoms with van der Waals surface area (Å²) in [4.78, 5) is 19.0. The molecular formula is C17H20N2O2S. The Hall–Kier alpha value is -1.46. The third-order valence-corrected chi connectivity index (χ3v) is 5.97. The van der Waals surface area contributed by atoms with Crippen molar-refractivity contribution >= 4 is 27.5 Å². The van der Waals surface area contributed by atoms with E-state index in [9.17, 15) is 4.79 Å². The van der Waals surface area contributed by atoms with Crippen LogP contribution in [0.4, 0.5) is 0 Å². The number of aromatic nitrogens is 1. The van der Waals surface area contributed by atoms with Crippen LogP contribution in [0.15, 0.2) is 24.3 Å². The van der Waals surface area contributed by atoms with Gasteiger partial charge in [0.2, 0.25) is 0 Å². The van der Waals surface area contributed by atoms with Gasteiger partial charge in [0, 0.05) is 12.3 Å². The molecule has 1 aromatic carbocycles. The van der Waals surface area contributed by atoms with Crippen molar-refractivity contribution in [1.82, 2.24) is 9.88 Å². The van der Waals surface area contributed by atoms with Crippen molar-refractivity contribution in [2.45, 2.75) is 44.2 Å². The SMILES string of the molecule is CC1CC(N2CCC(c3nc4ccccc4s3)CC2)C(=O)O1. The van der Waals surface area contributed by atoms with Gasteiger partial charge in [-0.25, -0.2) is 4.98 Å². The first kappa shape index (κ1) is 14.2. The fourth-order valence-corrected chi connectivity index (χ4v) is 4.69. The van der Waals surface area contributed by atoms with Gasteiger partial charge >= 0.3 is 5.97 Å². The Bertz CT molecular complexity index is 658. The molecule has 1 aromatic heterocycles. The number of carbonyl (C=O) groups excluding carboxylic acids is 1. The normalized spacial score (nSPS) is 27.4. The highest BCUT2D eigenvalue weighted by molar-refractivity contribution is 7.18. The average Bonchev–Trinajstić information content (AvgIpc) is 3.10. The number of hydrogen-bond donors (Lipinski definition) is 0. The number of likely N-dealkylation sites (tertiary alicyclic amines) is 1. The molecule has 0 spiro atoms. The summed E-state index contributed by atoms with van der Waals surface area (Å²) in [6, 6.07) is 8.31. The predicted octanol–water partition coefficient (Wildman–Crippen LogP) is 3.18. The zero-order chi connectivity index (χ0) is 15.1. The lowest BCUT2D eigenvalue weighted by atomic mass is 9.96. The van der Waals surface area contributed by atoms with Crippen molar-refractivity contribution in [1.29, 1.82) is 0 Å². The Morgan fingerprint density at radius 3 is 2.73 bits per heavy atom. The maximum absolute atomic E-state index is 11.9. The van der Waals surface area contributed by atoms with Gasteiger partial charge < -0.3 is 4.74 Å². The molecule has 0 saturated carbocycles. The van der Waals surface area contributed by atoms with Crippen molar-refractivity contribution in [3.8, 4) is 0 Å². The van der Waals surface area contributed by atoms with E-state index in [-0.39, 0.29) is 18.1 Å². The summed E-state index contributed by atoms with van der Waals surface area (Å²) in [6.07, 6.45) is 3.07. The van der Waals surface area contributed by atoms with Crippen molar-refractivity contribution in [2.75, 3.05) is 13.1 Å². The smallest absolute Gasteiger partial charge is 0.323 e. The summed E-state index contributed by atoms with van der Waals surface area (Å²) in [7, 11) is 0. The van der Waals surface area contributed by atoms with Gasteiger partial charge in [0.1, 0.15) is 12.1 Å². The highest BCUT2D eigenvalue weighted by atomic mass is 32.1. The topological polar surface area (TPSA) is 42.4 Å². The molecule has 2 aliphatic heterocycles. The van der Waals surface area contributed by atoms with E-state index in [1.165, 1.54) is 9.71 Å². The van der Waals surface area contributed by atoms with Crippen LogP contribution in [0, 0.1) is 0 Å². The molecule has 2 fully saturated rings. The molecule has 0 radical (unpaired) electrons. The van der Waals surface area contributed by atoms with Gasteiger partial charge in [-0.1, -0.05) is 12.1 Å². The summed E-state index contributed by atoms with van der Waals surface area (Å²) in [6.45, 7) is 3.91. The lowest BCUT2D eigenvalue weighted by Crippen LogP contribution is -2.43. The molecule has 0 N–H and O–H groups in total. The number of esters is 1. The maximum atomic E-state index is 11.9. The number of benzene rings is 1. The molecule has 4 rings (SSSR count). The minimum atomic E-state index is -0.0362. The van der Waals surface area contributed by atoms with Gasteiger partial charge in [0.25, 0.3) is 0 Å². The fourth-order valence-electron chi connectivity index (χ4n) is 3.56. The summed E-state index contributed by atoms with van der Waals surface area (Å²) < 4.78 is 6.56. The van der Waals surface area contributed by atoms with Crippen LogP contribution in [0.1, 0.15) is 37.1 Å². The van der Waals surface area contributed by atoms with E-state index < -0.39 is 0 Å². The van der Waals surface area contributed by atoms with Crippen LogP contribution >= 0.6 is 11.3 Å². The maximum Gasteiger partial charge on any atom is 0.323 e. The number of cyclic esters (lactones) is 1. The van der Waals surface area contributed by atoms with Crippen molar-refractivity contribution in [3.63, 3.8) is 0 Å². The quantitative estimate of drug-likeness (QED) is 0.798. The number of nitrogens with zero attached hydrogens (tertiary/aromatic N) is 2. The number of piperidine rings is 1. The second-order valence-corrected chi connectivity index (χ2v) is 7.39. The Kier molecular flexibility index (Phi) is 3.62. The predicted molar refractivity (Wildman–Crippen MR) is 87.1 cm³/mol. The van der Waals surface area contributed by atoms with Crippen LogP contribution in [0.2, 0.25) is 0 Å². The third kappa shape index (κ3) is 2.52. The molecule has 5 heteroatoms. The zero-order valence-electron chi connectivity index (χ0n) is 12.7. The standard InChI is InChI=1S/C17H20N2O2S/c1-11-10-14(17(20)21-11)19-8-6-12(7-9-19)16-18-13-4-2-3-5-15(13)22-16/h2-5,11-12,14H,6-10H2,1H3. The summed E-state index contributed by atoms with van der Waals surface area (Å²) in [5.41, 5.74) is 1.11. The molecule has 0 bridgehead atoms.